The summed E-state index contributed by atoms with van der Waals surface area (Å²) < 4.78 is 0. The Morgan fingerprint density at radius 3 is 2.50 bits per heavy atom. The molecule has 1 aliphatic rings. The van der Waals surface area contributed by atoms with E-state index in [2.05, 4.69) is 51.2 Å². The standard InChI is InChI=1S/C17H27N/c1-12(2)18-14(4)13(3)10-15-8-9-16-6-5-7-17(16)11-15/h8-9,11-14,18H,5-7,10H2,1-4H3. The lowest BCUT2D eigenvalue weighted by atomic mass is 9.93. The zero-order chi connectivity index (χ0) is 13.1. The third-order valence-corrected chi connectivity index (χ3v) is 4.17. The van der Waals surface area contributed by atoms with Crippen LogP contribution in [-0.2, 0) is 19.3 Å². The first-order valence-electron chi connectivity index (χ1n) is 7.43. The van der Waals surface area contributed by atoms with Crippen molar-refractivity contribution in [2.75, 3.05) is 0 Å². The van der Waals surface area contributed by atoms with Gasteiger partial charge in [0.25, 0.3) is 0 Å². The molecule has 0 fully saturated rings. The summed E-state index contributed by atoms with van der Waals surface area (Å²) in [4.78, 5) is 0. The van der Waals surface area contributed by atoms with Crippen molar-refractivity contribution in [1.29, 1.82) is 0 Å². The Hall–Kier alpha value is -0.820. The number of hydrogen-bond donors (Lipinski definition) is 1. The molecular formula is C17H27N. The van der Waals surface area contributed by atoms with Gasteiger partial charge in [-0.05, 0) is 55.2 Å². The molecule has 1 N–H and O–H groups in total. The molecule has 18 heavy (non-hydrogen) atoms. The van der Waals surface area contributed by atoms with Crippen molar-refractivity contribution in [3.05, 3.63) is 34.9 Å². The molecule has 2 atom stereocenters. The summed E-state index contributed by atoms with van der Waals surface area (Å²) in [6.07, 6.45) is 5.11. The van der Waals surface area contributed by atoms with Crippen molar-refractivity contribution >= 4 is 0 Å². The molecule has 0 radical (unpaired) electrons. The average Bonchev–Trinajstić information content (AvgIpc) is 2.75. The van der Waals surface area contributed by atoms with Crippen LogP contribution in [0.5, 0.6) is 0 Å². The maximum Gasteiger partial charge on any atom is 0.00698 e. The summed E-state index contributed by atoms with van der Waals surface area (Å²) in [5.41, 5.74) is 4.70. The number of fused-ring (bicyclic) bond motifs is 1. The van der Waals surface area contributed by atoms with Crippen LogP contribution < -0.4 is 5.32 Å². The van der Waals surface area contributed by atoms with Crippen molar-refractivity contribution in [2.45, 2.75) is 65.5 Å². The average molecular weight is 245 g/mol. The highest BCUT2D eigenvalue weighted by Crippen LogP contribution is 2.24. The van der Waals surface area contributed by atoms with Crippen LogP contribution in [0, 0.1) is 5.92 Å². The Labute approximate surface area is 112 Å². The molecule has 0 saturated carbocycles. The summed E-state index contributed by atoms with van der Waals surface area (Å²) in [6.45, 7) is 9.10. The Kier molecular flexibility index (Phi) is 4.45. The highest BCUT2D eigenvalue weighted by atomic mass is 14.9. The molecule has 0 bridgehead atoms. The fourth-order valence-corrected chi connectivity index (χ4v) is 2.99. The third kappa shape index (κ3) is 3.35. The molecule has 0 aliphatic heterocycles. The lowest BCUT2D eigenvalue weighted by Crippen LogP contribution is -2.37. The van der Waals surface area contributed by atoms with Gasteiger partial charge in [-0.3, -0.25) is 0 Å². The van der Waals surface area contributed by atoms with Gasteiger partial charge in [0.1, 0.15) is 0 Å². The van der Waals surface area contributed by atoms with E-state index in [0.717, 1.165) is 0 Å². The SMILES string of the molecule is CC(C)NC(C)C(C)Cc1ccc2c(c1)CCC2. The molecule has 2 unspecified atom stereocenters. The maximum absolute atomic E-state index is 3.62. The van der Waals surface area contributed by atoms with E-state index in [1.807, 2.05) is 0 Å². The Morgan fingerprint density at radius 1 is 1.06 bits per heavy atom. The minimum atomic E-state index is 0.572. The second kappa shape index (κ2) is 5.88. The molecule has 0 heterocycles. The van der Waals surface area contributed by atoms with Crippen LogP contribution >= 0.6 is 0 Å². The van der Waals surface area contributed by atoms with Gasteiger partial charge in [0, 0.05) is 12.1 Å². The Morgan fingerprint density at radius 2 is 1.78 bits per heavy atom. The molecule has 0 spiro atoms. The van der Waals surface area contributed by atoms with E-state index in [9.17, 15) is 0 Å². The van der Waals surface area contributed by atoms with Crippen LogP contribution in [0.3, 0.4) is 0 Å². The van der Waals surface area contributed by atoms with Gasteiger partial charge in [-0.2, -0.15) is 0 Å². The zero-order valence-corrected chi connectivity index (χ0v) is 12.3. The first kappa shape index (κ1) is 13.6. The Bertz CT molecular complexity index is 395. The number of rotatable bonds is 5. The summed E-state index contributed by atoms with van der Waals surface area (Å²) >= 11 is 0. The first-order chi connectivity index (χ1) is 8.56. The summed E-state index contributed by atoms with van der Waals surface area (Å²) in [6, 6.07) is 8.29. The van der Waals surface area contributed by atoms with E-state index in [1.54, 1.807) is 11.1 Å². The van der Waals surface area contributed by atoms with E-state index < -0.39 is 0 Å². The van der Waals surface area contributed by atoms with Crippen LogP contribution in [-0.4, -0.2) is 12.1 Å². The summed E-state index contributed by atoms with van der Waals surface area (Å²) in [5.74, 6) is 0.687. The first-order valence-corrected chi connectivity index (χ1v) is 7.43. The normalized spacial score (nSPS) is 17.8. The number of hydrogen-bond acceptors (Lipinski definition) is 1. The van der Waals surface area contributed by atoms with Crippen LogP contribution in [0.2, 0.25) is 0 Å². The van der Waals surface area contributed by atoms with Crippen LogP contribution in [0.1, 0.15) is 50.8 Å². The topological polar surface area (TPSA) is 12.0 Å². The second-order valence-corrected chi connectivity index (χ2v) is 6.25. The monoisotopic (exact) mass is 245 g/mol. The van der Waals surface area contributed by atoms with E-state index in [0.29, 0.717) is 18.0 Å². The molecule has 0 aromatic heterocycles. The molecular weight excluding hydrogens is 218 g/mol. The molecule has 1 heteroatoms. The van der Waals surface area contributed by atoms with Gasteiger partial charge >= 0.3 is 0 Å². The lowest BCUT2D eigenvalue weighted by molar-refractivity contribution is 0.372. The van der Waals surface area contributed by atoms with E-state index in [-0.39, 0.29) is 0 Å². The molecule has 0 amide bonds. The molecule has 2 rings (SSSR count). The van der Waals surface area contributed by atoms with Gasteiger partial charge in [0.15, 0.2) is 0 Å². The number of benzene rings is 1. The Balaban J connectivity index is 1.96. The minimum absolute atomic E-state index is 0.572. The molecule has 100 valence electrons. The fourth-order valence-electron chi connectivity index (χ4n) is 2.99. The maximum atomic E-state index is 3.62. The number of aryl methyl sites for hydroxylation is 2. The number of nitrogens with one attached hydrogen (secondary N) is 1. The zero-order valence-electron chi connectivity index (χ0n) is 12.3. The fraction of sp³-hybridized carbons (Fsp3) is 0.647. The van der Waals surface area contributed by atoms with E-state index >= 15 is 0 Å². The molecule has 1 aromatic rings. The second-order valence-electron chi connectivity index (χ2n) is 6.25. The van der Waals surface area contributed by atoms with Crippen molar-refractivity contribution in [2.24, 2.45) is 5.92 Å². The summed E-state index contributed by atoms with van der Waals surface area (Å²) in [5, 5.41) is 3.62. The van der Waals surface area contributed by atoms with Gasteiger partial charge in [0.05, 0.1) is 0 Å². The predicted octanol–water partition coefficient (Wildman–Crippen LogP) is 3.74. The minimum Gasteiger partial charge on any atom is -0.312 e. The van der Waals surface area contributed by atoms with Gasteiger partial charge in [-0.25, -0.2) is 0 Å². The smallest absolute Gasteiger partial charge is 0.00698 e. The largest absolute Gasteiger partial charge is 0.312 e. The highest BCUT2D eigenvalue weighted by Gasteiger charge is 2.15. The van der Waals surface area contributed by atoms with Gasteiger partial charge in [-0.1, -0.05) is 39.0 Å². The van der Waals surface area contributed by atoms with Crippen molar-refractivity contribution in [1.82, 2.24) is 5.32 Å². The van der Waals surface area contributed by atoms with Crippen LogP contribution in [0.25, 0.3) is 0 Å². The van der Waals surface area contributed by atoms with Crippen molar-refractivity contribution in [3.8, 4) is 0 Å². The molecule has 1 aliphatic carbocycles. The summed E-state index contributed by atoms with van der Waals surface area (Å²) in [7, 11) is 0. The molecule has 1 aromatic carbocycles. The van der Waals surface area contributed by atoms with Gasteiger partial charge in [-0.15, -0.1) is 0 Å². The van der Waals surface area contributed by atoms with E-state index in [1.165, 1.54) is 31.2 Å². The van der Waals surface area contributed by atoms with Gasteiger partial charge in [0.2, 0.25) is 0 Å². The third-order valence-electron chi connectivity index (χ3n) is 4.17. The highest BCUT2D eigenvalue weighted by molar-refractivity contribution is 5.35. The van der Waals surface area contributed by atoms with Crippen LogP contribution in [0.15, 0.2) is 18.2 Å². The van der Waals surface area contributed by atoms with Gasteiger partial charge < -0.3 is 5.32 Å². The molecule has 0 saturated heterocycles. The predicted molar refractivity (Wildman–Crippen MR) is 79.1 cm³/mol. The van der Waals surface area contributed by atoms with E-state index in [4.69, 9.17) is 0 Å². The lowest BCUT2D eigenvalue weighted by Gasteiger charge is -2.24. The van der Waals surface area contributed by atoms with Crippen molar-refractivity contribution < 1.29 is 0 Å². The molecule has 1 nitrogen and oxygen atoms in total. The quantitative estimate of drug-likeness (QED) is 0.833. The van der Waals surface area contributed by atoms with Crippen LogP contribution in [0.4, 0.5) is 0 Å². The van der Waals surface area contributed by atoms with Crippen molar-refractivity contribution in [3.63, 3.8) is 0 Å².